The lowest BCUT2D eigenvalue weighted by Gasteiger charge is -2.21. The lowest BCUT2D eigenvalue weighted by molar-refractivity contribution is -0.178. The Labute approximate surface area is 153 Å². The van der Waals surface area contributed by atoms with Crippen molar-refractivity contribution in [1.29, 1.82) is 0 Å². The summed E-state index contributed by atoms with van der Waals surface area (Å²) in [5.74, 6) is 1.56. The van der Waals surface area contributed by atoms with Crippen molar-refractivity contribution in [3.05, 3.63) is 59.7 Å². The lowest BCUT2D eigenvalue weighted by atomic mass is 10.1. The highest BCUT2D eigenvalue weighted by atomic mass is 16.7. The van der Waals surface area contributed by atoms with Crippen molar-refractivity contribution in [2.45, 2.75) is 25.0 Å². The van der Waals surface area contributed by atoms with Crippen LogP contribution in [0.25, 0.3) is 0 Å². The Kier molecular flexibility index (Phi) is 5.75. The van der Waals surface area contributed by atoms with Gasteiger partial charge >= 0.3 is 0 Å². The van der Waals surface area contributed by atoms with Crippen LogP contribution < -0.4 is 14.8 Å². The molecule has 1 aliphatic heterocycles. The summed E-state index contributed by atoms with van der Waals surface area (Å²) in [4.78, 5) is 18.0. The van der Waals surface area contributed by atoms with Gasteiger partial charge in [0.1, 0.15) is 17.7 Å². The number of hydrogen-bond acceptors (Lipinski definition) is 5. The fourth-order valence-corrected chi connectivity index (χ4v) is 3.17. The van der Waals surface area contributed by atoms with Crippen LogP contribution in [0.3, 0.4) is 0 Å². The zero-order valence-electron chi connectivity index (χ0n) is 15.3. The van der Waals surface area contributed by atoms with Crippen LogP contribution in [0.15, 0.2) is 48.5 Å². The predicted molar refractivity (Wildman–Crippen MR) is 98.0 cm³/mol. The van der Waals surface area contributed by atoms with E-state index in [1.807, 2.05) is 48.5 Å². The van der Waals surface area contributed by atoms with E-state index < -0.39 is 0 Å². The van der Waals surface area contributed by atoms with Crippen molar-refractivity contribution in [2.75, 3.05) is 21.3 Å². The van der Waals surface area contributed by atoms with Gasteiger partial charge in [0.15, 0.2) is 0 Å². The van der Waals surface area contributed by atoms with E-state index in [9.17, 15) is 4.79 Å². The number of carbonyl (C=O) groups excluding carboxylic acids is 1. The van der Waals surface area contributed by atoms with Gasteiger partial charge in [0, 0.05) is 6.42 Å². The predicted octanol–water partition coefficient (Wildman–Crippen LogP) is 2.18. The number of amides is 1. The third-order valence-electron chi connectivity index (χ3n) is 4.58. The molecule has 1 amide bonds. The Morgan fingerprint density at radius 1 is 0.846 bits per heavy atom. The van der Waals surface area contributed by atoms with Crippen molar-refractivity contribution in [1.82, 2.24) is 10.4 Å². The zero-order chi connectivity index (χ0) is 18.5. The number of nitrogens with one attached hydrogen (secondary N) is 1. The van der Waals surface area contributed by atoms with Gasteiger partial charge in [-0.15, -0.1) is 0 Å². The van der Waals surface area contributed by atoms with Gasteiger partial charge < -0.3 is 9.47 Å². The van der Waals surface area contributed by atoms with Crippen molar-refractivity contribution in [3.63, 3.8) is 0 Å². The molecule has 1 fully saturated rings. The van der Waals surface area contributed by atoms with Gasteiger partial charge in [0.05, 0.1) is 27.4 Å². The summed E-state index contributed by atoms with van der Waals surface area (Å²) < 4.78 is 10.4. The van der Waals surface area contributed by atoms with E-state index in [1.165, 1.54) is 12.2 Å². The Balaban J connectivity index is 1.68. The number of benzene rings is 2. The third kappa shape index (κ3) is 3.98. The monoisotopic (exact) mass is 356 g/mol. The molecule has 3 rings (SSSR count). The van der Waals surface area contributed by atoms with Crippen molar-refractivity contribution >= 4 is 5.91 Å². The quantitative estimate of drug-likeness (QED) is 0.824. The molecule has 0 aliphatic carbocycles. The molecule has 2 aromatic rings. The minimum atomic E-state index is -0.313. The van der Waals surface area contributed by atoms with E-state index in [1.54, 1.807) is 14.2 Å². The number of hydroxylamine groups is 2. The first-order valence-electron chi connectivity index (χ1n) is 8.53. The highest BCUT2D eigenvalue weighted by Crippen LogP contribution is 2.21. The molecule has 0 unspecified atom stereocenters. The maximum atomic E-state index is 12.7. The number of hydrogen-bond donors (Lipinski definition) is 1. The molecule has 26 heavy (non-hydrogen) atoms. The Morgan fingerprint density at radius 3 is 1.81 bits per heavy atom. The number of methoxy groups -OCH3 is 2. The average Bonchev–Trinajstić information content (AvgIpc) is 2.97. The van der Waals surface area contributed by atoms with E-state index in [4.69, 9.17) is 14.3 Å². The van der Waals surface area contributed by atoms with Crippen LogP contribution in [0, 0.1) is 0 Å². The lowest BCUT2D eigenvalue weighted by Crippen LogP contribution is -2.38. The number of nitrogens with zero attached hydrogens (tertiary/aromatic N) is 1. The minimum Gasteiger partial charge on any atom is -0.497 e. The van der Waals surface area contributed by atoms with E-state index in [0.29, 0.717) is 12.8 Å². The summed E-state index contributed by atoms with van der Waals surface area (Å²) in [7, 11) is 4.80. The summed E-state index contributed by atoms with van der Waals surface area (Å²) >= 11 is 0. The molecule has 2 atom stereocenters. The molecule has 0 aromatic heterocycles. The van der Waals surface area contributed by atoms with E-state index in [2.05, 4.69) is 5.32 Å². The Bertz CT molecular complexity index is 730. The highest BCUT2D eigenvalue weighted by molar-refractivity contribution is 5.83. The third-order valence-corrected chi connectivity index (χ3v) is 4.58. The van der Waals surface area contributed by atoms with Crippen LogP contribution >= 0.6 is 0 Å². The van der Waals surface area contributed by atoms with Crippen LogP contribution in [0.5, 0.6) is 11.5 Å². The smallest absolute Gasteiger partial charge is 0.265 e. The van der Waals surface area contributed by atoms with Gasteiger partial charge in [-0.1, -0.05) is 24.3 Å². The van der Waals surface area contributed by atoms with Crippen molar-refractivity contribution < 1.29 is 19.1 Å². The number of rotatable bonds is 7. The molecule has 0 saturated carbocycles. The zero-order valence-corrected chi connectivity index (χ0v) is 15.3. The van der Waals surface area contributed by atoms with Gasteiger partial charge in [-0.25, -0.2) is 5.06 Å². The highest BCUT2D eigenvalue weighted by Gasteiger charge is 2.39. The molecule has 2 aromatic carbocycles. The standard InChI is InChI=1S/C20H24N2O4/c1-24-16-8-4-14(5-9-16)12-18-20(23)22(26-3)19(21-18)13-15-6-10-17(25-2)11-7-15/h4-11,18-19,21H,12-13H2,1-3H3/t18-,19+/m0/s1. The first kappa shape index (κ1) is 18.2. The topological polar surface area (TPSA) is 60.0 Å². The average molecular weight is 356 g/mol. The molecule has 0 spiro atoms. The fraction of sp³-hybridized carbons (Fsp3) is 0.350. The molecule has 138 valence electrons. The summed E-state index contributed by atoms with van der Waals surface area (Å²) in [6.07, 6.45) is 1.05. The van der Waals surface area contributed by atoms with Gasteiger partial charge in [-0.05, 0) is 41.8 Å². The molecule has 1 N–H and O–H groups in total. The second-order valence-corrected chi connectivity index (χ2v) is 6.19. The molecule has 0 radical (unpaired) electrons. The maximum Gasteiger partial charge on any atom is 0.265 e. The van der Waals surface area contributed by atoms with Crippen molar-refractivity contribution in [3.8, 4) is 11.5 Å². The van der Waals surface area contributed by atoms with Crippen LogP contribution in [0.1, 0.15) is 11.1 Å². The largest absolute Gasteiger partial charge is 0.497 e. The maximum absolute atomic E-state index is 12.7. The van der Waals surface area contributed by atoms with Gasteiger partial charge in [-0.2, -0.15) is 0 Å². The van der Waals surface area contributed by atoms with Crippen LogP contribution in [-0.4, -0.2) is 44.5 Å². The second-order valence-electron chi connectivity index (χ2n) is 6.19. The number of ether oxygens (including phenoxy) is 2. The Hall–Kier alpha value is -2.57. The fourth-order valence-electron chi connectivity index (χ4n) is 3.17. The van der Waals surface area contributed by atoms with Crippen LogP contribution in [0.2, 0.25) is 0 Å². The van der Waals surface area contributed by atoms with E-state index >= 15 is 0 Å². The van der Waals surface area contributed by atoms with Gasteiger partial charge in [-0.3, -0.25) is 14.9 Å². The summed E-state index contributed by atoms with van der Waals surface area (Å²) in [6.45, 7) is 0. The van der Waals surface area contributed by atoms with Crippen LogP contribution in [-0.2, 0) is 22.5 Å². The molecule has 1 heterocycles. The second kappa shape index (κ2) is 8.21. The van der Waals surface area contributed by atoms with Crippen molar-refractivity contribution in [2.24, 2.45) is 0 Å². The Morgan fingerprint density at radius 2 is 1.35 bits per heavy atom. The normalized spacial score (nSPS) is 19.7. The number of carbonyl (C=O) groups is 1. The first-order chi connectivity index (χ1) is 12.6. The molecular formula is C20H24N2O4. The van der Waals surface area contributed by atoms with E-state index in [-0.39, 0.29) is 18.1 Å². The van der Waals surface area contributed by atoms with Crippen LogP contribution in [0.4, 0.5) is 0 Å². The molecule has 6 heteroatoms. The minimum absolute atomic E-state index is 0.0539. The summed E-state index contributed by atoms with van der Waals surface area (Å²) in [5, 5.41) is 4.81. The van der Waals surface area contributed by atoms with E-state index in [0.717, 1.165) is 22.6 Å². The first-order valence-corrected chi connectivity index (χ1v) is 8.53. The summed E-state index contributed by atoms with van der Waals surface area (Å²) in [5.41, 5.74) is 2.17. The molecule has 0 bridgehead atoms. The SMILES string of the molecule is COc1ccc(C[C@@H]2N[C@@H](Cc3ccc(OC)cc3)N(OC)C2=O)cc1. The molecule has 1 saturated heterocycles. The molecular weight excluding hydrogens is 332 g/mol. The summed E-state index contributed by atoms with van der Waals surface area (Å²) in [6, 6.07) is 15.3. The van der Waals surface area contributed by atoms with Gasteiger partial charge in [0.2, 0.25) is 0 Å². The molecule has 1 aliphatic rings. The molecule has 6 nitrogen and oxygen atoms in total. The van der Waals surface area contributed by atoms with Gasteiger partial charge in [0.25, 0.3) is 5.91 Å².